The van der Waals surface area contributed by atoms with Crippen LogP contribution in [0.15, 0.2) is 94.6 Å². The molecule has 1 heterocycles. The van der Waals surface area contributed by atoms with Crippen molar-refractivity contribution in [3.8, 4) is 11.5 Å². The van der Waals surface area contributed by atoms with Gasteiger partial charge in [-0.05, 0) is 35.4 Å². The molecule has 3 nitrogen and oxygen atoms in total. The second-order valence-electron chi connectivity index (χ2n) is 5.70. The Morgan fingerprint density at radius 3 is 2.04 bits per heavy atom. The molecule has 3 aromatic carbocycles. The minimum absolute atomic E-state index is 0.0394. The molecule has 0 aliphatic carbocycles. The third-order valence-corrected chi connectivity index (χ3v) is 5.32. The quantitative estimate of drug-likeness (QED) is 0.383. The fourth-order valence-corrected chi connectivity index (χ4v) is 3.78. The summed E-state index contributed by atoms with van der Waals surface area (Å²) in [5.41, 5.74) is 3.21. The highest BCUT2D eigenvalue weighted by Gasteiger charge is 2.19. The molecule has 0 saturated carbocycles. The number of halogens is 1. The molecule has 0 amide bonds. The topological polar surface area (TPSA) is 38.9 Å². The zero-order chi connectivity index (χ0) is 17.8. The number of thioether (sulfide) groups is 1. The van der Waals surface area contributed by atoms with Crippen LogP contribution in [0, 0.1) is 0 Å². The standard InChI is InChI=1S/C21H15ClN2OS/c22-18-13-11-16(12-14-18)19(15-7-3-1-4-8-15)26-21-24-23-20(25-21)17-9-5-2-6-10-17/h1-14,19H. The van der Waals surface area contributed by atoms with Crippen LogP contribution in [0.4, 0.5) is 0 Å². The molecule has 0 radical (unpaired) electrons. The molecule has 0 spiro atoms. The van der Waals surface area contributed by atoms with Crippen molar-refractivity contribution in [2.75, 3.05) is 0 Å². The van der Waals surface area contributed by atoms with E-state index in [1.807, 2.05) is 72.8 Å². The van der Waals surface area contributed by atoms with Crippen LogP contribution in [0.25, 0.3) is 11.5 Å². The maximum atomic E-state index is 6.05. The van der Waals surface area contributed by atoms with Crippen molar-refractivity contribution < 1.29 is 4.42 Å². The summed E-state index contributed by atoms with van der Waals surface area (Å²) in [4.78, 5) is 0. The van der Waals surface area contributed by atoms with E-state index in [4.69, 9.17) is 16.0 Å². The van der Waals surface area contributed by atoms with Gasteiger partial charge in [-0.1, -0.05) is 84.0 Å². The second-order valence-corrected chi connectivity index (χ2v) is 7.19. The third kappa shape index (κ3) is 3.82. The molecule has 1 aromatic heterocycles. The van der Waals surface area contributed by atoms with E-state index in [-0.39, 0.29) is 5.25 Å². The van der Waals surface area contributed by atoms with Gasteiger partial charge in [0.05, 0.1) is 5.25 Å². The Hall–Kier alpha value is -2.56. The molecule has 4 aromatic rings. The predicted molar refractivity (Wildman–Crippen MR) is 105 cm³/mol. The average Bonchev–Trinajstić information content (AvgIpc) is 3.17. The van der Waals surface area contributed by atoms with E-state index in [9.17, 15) is 0 Å². The summed E-state index contributed by atoms with van der Waals surface area (Å²) < 4.78 is 5.88. The largest absolute Gasteiger partial charge is 0.411 e. The fraction of sp³-hybridized carbons (Fsp3) is 0.0476. The average molecular weight is 379 g/mol. The van der Waals surface area contributed by atoms with Crippen LogP contribution in [0.1, 0.15) is 16.4 Å². The zero-order valence-corrected chi connectivity index (χ0v) is 15.3. The van der Waals surface area contributed by atoms with Crippen LogP contribution in [0.5, 0.6) is 0 Å². The van der Waals surface area contributed by atoms with Crippen LogP contribution in [0.3, 0.4) is 0 Å². The molecule has 0 aliphatic heterocycles. The number of hydrogen-bond acceptors (Lipinski definition) is 4. The van der Waals surface area contributed by atoms with Gasteiger partial charge in [0, 0.05) is 10.6 Å². The van der Waals surface area contributed by atoms with Gasteiger partial charge < -0.3 is 4.42 Å². The van der Waals surface area contributed by atoms with Gasteiger partial charge in [0.2, 0.25) is 5.89 Å². The Balaban J connectivity index is 1.65. The van der Waals surface area contributed by atoms with E-state index in [1.165, 1.54) is 17.3 Å². The van der Waals surface area contributed by atoms with Crippen LogP contribution in [0.2, 0.25) is 5.02 Å². The molecule has 5 heteroatoms. The van der Waals surface area contributed by atoms with Crippen molar-refractivity contribution >= 4 is 23.4 Å². The number of benzene rings is 3. The molecule has 0 bridgehead atoms. The highest BCUT2D eigenvalue weighted by Crippen LogP contribution is 2.40. The van der Waals surface area contributed by atoms with E-state index in [1.54, 1.807) is 0 Å². The molecular weight excluding hydrogens is 364 g/mol. The zero-order valence-electron chi connectivity index (χ0n) is 13.7. The Labute approximate surface area is 161 Å². The van der Waals surface area contributed by atoms with Crippen molar-refractivity contribution in [3.05, 3.63) is 101 Å². The van der Waals surface area contributed by atoms with Crippen molar-refractivity contribution in [3.63, 3.8) is 0 Å². The van der Waals surface area contributed by atoms with Crippen molar-refractivity contribution in [2.45, 2.75) is 10.5 Å². The van der Waals surface area contributed by atoms with Gasteiger partial charge in [-0.2, -0.15) is 0 Å². The summed E-state index contributed by atoms with van der Waals surface area (Å²) in [6, 6.07) is 27.9. The van der Waals surface area contributed by atoms with E-state index in [2.05, 4.69) is 22.3 Å². The van der Waals surface area contributed by atoms with Gasteiger partial charge >= 0.3 is 0 Å². The molecule has 0 N–H and O–H groups in total. The Kier molecular flexibility index (Phi) is 5.04. The minimum atomic E-state index is 0.0394. The summed E-state index contributed by atoms with van der Waals surface area (Å²) in [5.74, 6) is 0.524. The molecule has 128 valence electrons. The first kappa shape index (κ1) is 16.9. The van der Waals surface area contributed by atoms with Crippen LogP contribution < -0.4 is 0 Å². The Bertz CT molecular complexity index is 972. The number of nitrogens with zero attached hydrogens (tertiary/aromatic N) is 2. The summed E-state index contributed by atoms with van der Waals surface area (Å²) >= 11 is 7.58. The molecule has 1 atom stereocenters. The van der Waals surface area contributed by atoms with Crippen molar-refractivity contribution in [1.82, 2.24) is 10.2 Å². The molecule has 1 unspecified atom stereocenters. The van der Waals surface area contributed by atoms with Gasteiger partial charge in [-0.25, -0.2) is 0 Å². The fourth-order valence-electron chi connectivity index (χ4n) is 2.65. The van der Waals surface area contributed by atoms with Gasteiger partial charge in [0.1, 0.15) is 0 Å². The smallest absolute Gasteiger partial charge is 0.277 e. The van der Waals surface area contributed by atoms with Crippen LogP contribution >= 0.6 is 23.4 Å². The Morgan fingerprint density at radius 2 is 1.35 bits per heavy atom. The third-order valence-electron chi connectivity index (χ3n) is 3.92. The van der Waals surface area contributed by atoms with Gasteiger partial charge in [0.25, 0.3) is 5.22 Å². The lowest BCUT2D eigenvalue weighted by molar-refractivity contribution is 0.465. The molecule has 26 heavy (non-hydrogen) atoms. The minimum Gasteiger partial charge on any atom is -0.411 e. The normalized spacial score (nSPS) is 12.0. The maximum Gasteiger partial charge on any atom is 0.277 e. The van der Waals surface area contributed by atoms with E-state index in [0.717, 1.165) is 16.1 Å². The lowest BCUT2D eigenvalue weighted by Crippen LogP contribution is -1.96. The van der Waals surface area contributed by atoms with Gasteiger partial charge in [-0.15, -0.1) is 10.2 Å². The first-order valence-corrected chi connectivity index (χ1v) is 9.41. The van der Waals surface area contributed by atoms with Crippen molar-refractivity contribution in [2.24, 2.45) is 0 Å². The van der Waals surface area contributed by atoms with Crippen LogP contribution in [-0.2, 0) is 0 Å². The van der Waals surface area contributed by atoms with Crippen LogP contribution in [-0.4, -0.2) is 10.2 Å². The van der Waals surface area contributed by atoms with E-state index in [0.29, 0.717) is 11.1 Å². The second kappa shape index (κ2) is 7.77. The molecule has 0 fully saturated rings. The molecule has 0 aliphatic rings. The first-order valence-electron chi connectivity index (χ1n) is 8.15. The maximum absolute atomic E-state index is 6.05. The molecular formula is C21H15ClN2OS. The number of hydrogen-bond donors (Lipinski definition) is 0. The highest BCUT2D eigenvalue weighted by atomic mass is 35.5. The number of aromatic nitrogens is 2. The molecule has 4 rings (SSSR count). The summed E-state index contributed by atoms with van der Waals surface area (Å²) in [6.45, 7) is 0. The lowest BCUT2D eigenvalue weighted by Gasteiger charge is -2.15. The predicted octanol–water partition coefficient (Wildman–Crippen LogP) is 6.27. The molecule has 0 saturated heterocycles. The van der Waals surface area contributed by atoms with Gasteiger partial charge in [0.15, 0.2) is 0 Å². The van der Waals surface area contributed by atoms with E-state index < -0.39 is 0 Å². The summed E-state index contributed by atoms with van der Waals surface area (Å²) in [5, 5.41) is 9.70. The monoisotopic (exact) mass is 378 g/mol. The summed E-state index contributed by atoms with van der Waals surface area (Å²) in [7, 11) is 0. The van der Waals surface area contributed by atoms with Gasteiger partial charge in [-0.3, -0.25) is 0 Å². The lowest BCUT2D eigenvalue weighted by atomic mass is 10.0. The first-order chi connectivity index (χ1) is 12.8. The Morgan fingerprint density at radius 1 is 0.731 bits per heavy atom. The number of rotatable bonds is 5. The summed E-state index contributed by atoms with van der Waals surface area (Å²) in [6.07, 6.45) is 0. The van der Waals surface area contributed by atoms with E-state index >= 15 is 0 Å². The highest BCUT2D eigenvalue weighted by molar-refractivity contribution is 7.99. The van der Waals surface area contributed by atoms with Crippen molar-refractivity contribution in [1.29, 1.82) is 0 Å². The SMILES string of the molecule is Clc1ccc(C(Sc2nnc(-c3ccccc3)o2)c2ccccc2)cc1.